The van der Waals surface area contributed by atoms with Crippen LogP contribution in [0.25, 0.3) is 62.6 Å². The van der Waals surface area contributed by atoms with E-state index in [2.05, 4.69) is 93.0 Å². The summed E-state index contributed by atoms with van der Waals surface area (Å²) < 4.78 is 45.0. The van der Waals surface area contributed by atoms with Gasteiger partial charge in [-0.25, -0.2) is 51.3 Å². The third kappa shape index (κ3) is 19.5. The van der Waals surface area contributed by atoms with Crippen LogP contribution in [-0.4, -0.2) is 156 Å². The zero-order valence-corrected chi connectivity index (χ0v) is 50.7. The maximum Gasteiger partial charge on any atom is 0.488 e. The molecule has 3 aliphatic rings. The Kier molecular flexibility index (Phi) is 26.4. The van der Waals surface area contributed by atoms with E-state index in [1.54, 1.807) is 86.9 Å². The molecule has 0 unspecified atom stereocenters. The van der Waals surface area contributed by atoms with Crippen LogP contribution in [-0.2, 0) is 0 Å². The van der Waals surface area contributed by atoms with Crippen molar-refractivity contribution in [3.05, 3.63) is 180 Å². The van der Waals surface area contributed by atoms with E-state index in [-0.39, 0.29) is 59.8 Å². The molecule has 0 radical (unpaired) electrons. The summed E-state index contributed by atoms with van der Waals surface area (Å²) in [5.41, 5.74) is 12.5. The Labute approximate surface area is 547 Å². The lowest BCUT2D eigenvalue weighted by atomic mass is 9.81. The molecule has 0 bridgehead atoms. The highest BCUT2D eigenvalue weighted by Gasteiger charge is 2.27. The Balaban J connectivity index is 0.000000195. The minimum absolute atomic E-state index is 0. The third-order valence-corrected chi connectivity index (χ3v) is 14.3. The second-order valence-corrected chi connectivity index (χ2v) is 21.8. The van der Waals surface area contributed by atoms with E-state index in [4.69, 9.17) is 15.8 Å². The maximum atomic E-state index is 13.3. The van der Waals surface area contributed by atoms with Gasteiger partial charge in [-0.05, 0) is 105 Å². The van der Waals surface area contributed by atoms with Crippen molar-refractivity contribution < 1.29 is 32.8 Å². The molecule has 11 aromatic rings. The second kappa shape index (κ2) is 33.8. The summed E-state index contributed by atoms with van der Waals surface area (Å²) in [6.45, 7) is 2.56. The number of hydrogen-bond acceptors (Lipinski definition) is 15. The van der Waals surface area contributed by atoms with Gasteiger partial charge in [0.1, 0.15) is 18.5 Å². The first-order valence-corrected chi connectivity index (χ1v) is 29.0. The molecule has 3 saturated heterocycles. The molecule has 22 nitrogen and oxygen atoms in total. The van der Waals surface area contributed by atoms with Crippen LogP contribution in [0.3, 0.4) is 0 Å². The predicted molar refractivity (Wildman–Crippen MR) is 360 cm³/mol. The van der Waals surface area contributed by atoms with E-state index < -0.39 is 25.6 Å². The molecule has 0 aliphatic carbocycles. The number of urea groups is 2. The normalized spacial score (nSPS) is 15.3. The molecule has 14 rings (SSSR count). The van der Waals surface area contributed by atoms with Crippen LogP contribution in [0.2, 0.25) is 0 Å². The summed E-state index contributed by atoms with van der Waals surface area (Å²) in [4.78, 5) is 53.4. The van der Waals surface area contributed by atoms with Gasteiger partial charge in [0.2, 0.25) is 0 Å². The van der Waals surface area contributed by atoms with Crippen molar-refractivity contribution in [1.29, 1.82) is 0 Å². The van der Waals surface area contributed by atoms with Gasteiger partial charge >= 0.3 is 19.2 Å². The van der Waals surface area contributed by atoms with E-state index in [0.29, 0.717) is 96.2 Å². The smallest absolute Gasteiger partial charge is 0.423 e. The van der Waals surface area contributed by atoms with E-state index in [1.165, 1.54) is 9.80 Å². The van der Waals surface area contributed by atoms with Gasteiger partial charge in [0.15, 0.2) is 17.5 Å². The van der Waals surface area contributed by atoms with Crippen molar-refractivity contribution in [2.75, 3.05) is 55.6 Å². The average Bonchev–Trinajstić information content (AvgIpc) is 2.77. The number of carbonyl (C=O) groups is 2. The lowest BCUT2D eigenvalue weighted by Crippen LogP contribution is -2.33. The summed E-state index contributed by atoms with van der Waals surface area (Å²) >= 11 is 6.68. The maximum absolute atomic E-state index is 13.3. The van der Waals surface area contributed by atoms with Gasteiger partial charge in [-0.15, -0.1) is 27.7 Å². The van der Waals surface area contributed by atoms with Crippen LogP contribution in [0.15, 0.2) is 180 Å². The fraction of sp³-hybridized carbons (Fsp3) is 0.242. The second-order valence-electron chi connectivity index (χ2n) is 20.0. The number of amides is 4. The number of rotatable bonds is 7. The molecule has 3 fully saturated rings. The molecule has 7 N–H and O–H groups in total. The fourth-order valence-corrected chi connectivity index (χ4v) is 9.64. The highest BCUT2D eigenvalue weighted by Crippen LogP contribution is 2.26. The first-order chi connectivity index (χ1) is 42.2. The molecule has 5 aromatic carbocycles. The summed E-state index contributed by atoms with van der Waals surface area (Å²) in [6, 6.07) is 39.9. The van der Waals surface area contributed by atoms with Crippen molar-refractivity contribution in [3.8, 4) is 45.3 Å². The number of fused-ring (bicyclic) bond motifs is 3. The highest BCUT2D eigenvalue weighted by atomic mass is 79.9. The molecule has 29 heteroatoms. The molecule has 0 saturated carbocycles. The van der Waals surface area contributed by atoms with E-state index in [9.17, 15) is 22.8 Å². The molecular formula is C62H69BBr2ClF3N18O4. The predicted octanol–water partition coefficient (Wildman–Crippen LogP) is 11.3. The first kappa shape index (κ1) is 71.2. The van der Waals surface area contributed by atoms with Gasteiger partial charge in [0, 0.05) is 96.1 Å². The van der Waals surface area contributed by atoms with E-state index in [0.717, 1.165) is 43.3 Å². The number of halogens is 6. The molecule has 3 atom stereocenters. The number of likely N-dealkylation sites (tertiary alicyclic amines) is 2. The monoisotopic (exact) mass is 1390 g/mol. The fourth-order valence-electron chi connectivity index (χ4n) is 9.05. The number of anilines is 3. The zero-order chi connectivity index (χ0) is 60.8. The van der Waals surface area contributed by atoms with Crippen molar-refractivity contribution in [3.63, 3.8) is 0 Å². The topological polar surface area (TPSA) is 272 Å². The number of hydrogen-bond donors (Lipinski definition) is 6. The first-order valence-electron chi connectivity index (χ1n) is 27.4. The Morgan fingerprint density at radius 1 is 0.538 bits per heavy atom. The van der Waals surface area contributed by atoms with E-state index >= 15 is 0 Å². The summed E-state index contributed by atoms with van der Waals surface area (Å²) in [5, 5.41) is 39.0. The largest absolute Gasteiger partial charge is 0.488 e. The number of aromatic nitrogens is 12. The third-order valence-electron chi connectivity index (χ3n) is 13.4. The molecular weight excluding hydrogens is 1320 g/mol. The summed E-state index contributed by atoms with van der Waals surface area (Å²) in [6.07, 6.45) is 9.61. The summed E-state index contributed by atoms with van der Waals surface area (Å²) in [5.74, 6) is 3.16. The molecule has 9 heterocycles. The van der Waals surface area contributed by atoms with Crippen molar-refractivity contribution in [1.82, 2.24) is 73.9 Å². The van der Waals surface area contributed by atoms with Gasteiger partial charge in [-0.1, -0.05) is 119 Å². The van der Waals surface area contributed by atoms with Gasteiger partial charge < -0.3 is 41.5 Å². The molecule has 476 valence electrons. The molecule has 91 heavy (non-hydrogen) atoms. The quantitative estimate of drug-likeness (QED) is 0.0639. The lowest BCUT2D eigenvalue weighted by Gasteiger charge is -2.16. The number of nitrogens with zero attached hydrogens (tertiary/aromatic N) is 14. The Morgan fingerprint density at radius 2 is 0.967 bits per heavy atom. The van der Waals surface area contributed by atoms with Crippen LogP contribution < -0.4 is 27.1 Å². The molecule has 4 amide bonds. The number of alkyl halides is 3. The molecule has 6 aromatic heterocycles. The Morgan fingerprint density at radius 3 is 1.36 bits per heavy atom. The lowest BCUT2D eigenvalue weighted by molar-refractivity contribution is 0.217. The van der Waals surface area contributed by atoms with Crippen molar-refractivity contribution in [2.24, 2.45) is 0 Å². The van der Waals surface area contributed by atoms with Crippen LogP contribution >= 0.6 is 44.3 Å². The number of carbonyl (C=O) groups excluding carboxylic acids is 2. The van der Waals surface area contributed by atoms with Gasteiger partial charge in [0.05, 0.1) is 22.0 Å². The van der Waals surface area contributed by atoms with Crippen LogP contribution in [0.4, 0.5) is 39.8 Å². The molecule has 3 aliphatic heterocycles. The van der Waals surface area contributed by atoms with Gasteiger partial charge in [0.25, 0.3) is 17.3 Å². The molecule has 0 spiro atoms. The number of nitrogens with one attached hydrogen (secondary N) is 3. The minimum atomic E-state index is -1.34. The van der Waals surface area contributed by atoms with Crippen molar-refractivity contribution in [2.45, 2.75) is 60.1 Å². The standard InChI is InChI=1S/C22H19FN6O.C16H14BrFN6O.C11H8BrN5.C6H7BO2.C4H8FN.3CH4.ClH/c23-18-9-10-28(14-18)22(30)25-19-8-4-7-16(11-19)20-26-21-24-12-17(13-29(21)27-20)15-5-2-1-3-6-15;17-11-7-19-15-21-14(22-24(15)8-11)10-2-1-3-13(6-10)20-16(25)23-5-4-12(18)9-23;12-8-5-14-11-15-10(16-17(11)6-8)7-2-1-3-9(13)4-7;8-7(9)6-4-2-1-3-5-6;5-4-1-2-6-3-4;;;;/h1-8,11-13,18H,9-10,14H2,(H,25,30);1-3,6-8,12H,4-5,9H2,(H,20,25);1-6H,13H2;1-5,8-9H;4,6H,1-3H2;3*1H4;1H/t18-;12-;;;4-;;;;/m00..0..../s1. The zero-order valence-electron chi connectivity index (χ0n) is 46.7. The van der Waals surface area contributed by atoms with Crippen LogP contribution in [0.5, 0.6) is 0 Å². The number of nitrogens with two attached hydrogens (primary N) is 1. The van der Waals surface area contributed by atoms with Crippen LogP contribution in [0, 0.1) is 0 Å². The summed E-state index contributed by atoms with van der Waals surface area (Å²) in [7, 11) is -1.34. The van der Waals surface area contributed by atoms with Gasteiger partial charge in [-0.3, -0.25) is 0 Å². The van der Waals surface area contributed by atoms with E-state index in [1.807, 2.05) is 97.3 Å². The SMILES string of the molecule is C.C.C.Cl.F[C@H]1CCNC1.Nc1cccc(-c2nc3ncc(Br)cn3n2)c1.O=C(Nc1cccc(-c2nc3ncc(-c4ccccc4)cn3n2)c1)N1CC[C@H](F)C1.O=C(Nc1cccc(-c2nc3ncc(Br)cn3n2)c1)N1CC[C@H](F)C1.OB(O)c1ccccc1. The average molecular weight is 1390 g/mol. The van der Waals surface area contributed by atoms with Crippen molar-refractivity contribution >= 4 is 103 Å². The van der Waals surface area contributed by atoms with Crippen LogP contribution in [0.1, 0.15) is 41.5 Å². The number of benzene rings is 5. The van der Waals surface area contributed by atoms with Gasteiger partial charge in [-0.2, -0.15) is 15.0 Å². The number of nitrogen functional groups attached to an aromatic ring is 1. The highest BCUT2D eigenvalue weighted by molar-refractivity contribution is 9.10. The minimum Gasteiger partial charge on any atom is -0.423 e. The Hall–Kier alpha value is -8.93. The Bertz CT molecular complexity index is 4120.